The van der Waals surface area contributed by atoms with E-state index in [1.165, 1.54) is 13.3 Å². The zero-order valence-electron chi connectivity index (χ0n) is 16.0. The molecule has 0 atom stereocenters. The fourth-order valence-corrected chi connectivity index (χ4v) is 1.95. The molecule has 6 nitrogen and oxygen atoms in total. The van der Waals surface area contributed by atoms with Crippen molar-refractivity contribution in [2.45, 2.75) is 48.0 Å². The van der Waals surface area contributed by atoms with Crippen LogP contribution in [0, 0.1) is 12.7 Å². The highest BCUT2D eigenvalue weighted by Crippen LogP contribution is 2.16. The van der Waals surface area contributed by atoms with Crippen molar-refractivity contribution >= 4 is 23.5 Å². The summed E-state index contributed by atoms with van der Waals surface area (Å²) in [6.45, 7) is 10.8. The Morgan fingerprint density at radius 2 is 1.85 bits per heavy atom. The Morgan fingerprint density at radius 1 is 1.31 bits per heavy atom. The summed E-state index contributed by atoms with van der Waals surface area (Å²) in [6, 6.07) is 0.114. The standard InChI is InChI=1S/C15H18ClFN4O2.C3H8/c1-5-7(2)12(8(3)18)20-15(23)21-14(22)10-6-11(17)9(4)19-13(10)16;1-3-2/h5-6H,18H2,1-4H3,(H2,20,21,22,23);3H2,1-2H3/b7-5-,12-8+;. The van der Waals surface area contributed by atoms with Crippen molar-refractivity contribution in [2.24, 2.45) is 5.73 Å². The van der Waals surface area contributed by atoms with Gasteiger partial charge in [-0.15, -0.1) is 0 Å². The normalized spacial score (nSPS) is 11.8. The highest BCUT2D eigenvalue weighted by Gasteiger charge is 2.18. The van der Waals surface area contributed by atoms with Crippen LogP contribution in [-0.4, -0.2) is 16.9 Å². The van der Waals surface area contributed by atoms with Crippen molar-refractivity contribution < 1.29 is 14.0 Å². The van der Waals surface area contributed by atoms with Crippen LogP contribution in [-0.2, 0) is 0 Å². The number of amides is 3. The van der Waals surface area contributed by atoms with E-state index in [9.17, 15) is 14.0 Å². The molecule has 0 bridgehead atoms. The molecular weight excluding hydrogens is 359 g/mol. The summed E-state index contributed by atoms with van der Waals surface area (Å²) in [6.07, 6.45) is 3.00. The first-order valence-electron chi connectivity index (χ1n) is 8.13. The van der Waals surface area contributed by atoms with Crippen LogP contribution in [0.2, 0.25) is 5.15 Å². The number of nitrogens with one attached hydrogen (secondary N) is 2. The van der Waals surface area contributed by atoms with E-state index in [1.807, 2.05) is 0 Å². The van der Waals surface area contributed by atoms with E-state index < -0.39 is 17.8 Å². The molecule has 3 amide bonds. The first kappa shape index (κ1) is 23.6. The summed E-state index contributed by atoms with van der Waals surface area (Å²) in [4.78, 5) is 27.6. The number of hydrogen-bond acceptors (Lipinski definition) is 4. The van der Waals surface area contributed by atoms with Gasteiger partial charge < -0.3 is 11.1 Å². The lowest BCUT2D eigenvalue weighted by Gasteiger charge is -2.13. The number of imide groups is 1. The molecule has 0 saturated heterocycles. The zero-order valence-corrected chi connectivity index (χ0v) is 16.7. The molecule has 0 aliphatic carbocycles. The quantitative estimate of drug-likeness (QED) is 0.537. The number of aromatic nitrogens is 1. The molecule has 0 aromatic carbocycles. The predicted molar refractivity (Wildman–Crippen MR) is 102 cm³/mol. The fraction of sp³-hybridized carbons (Fsp3) is 0.389. The van der Waals surface area contributed by atoms with E-state index >= 15 is 0 Å². The molecule has 1 aromatic rings. The number of rotatable bonds is 3. The van der Waals surface area contributed by atoms with E-state index in [0.717, 1.165) is 11.6 Å². The minimum atomic E-state index is -0.869. The highest BCUT2D eigenvalue weighted by atomic mass is 35.5. The number of nitrogens with two attached hydrogens (primary N) is 1. The maximum absolute atomic E-state index is 13.5. The van der Waals surface area contributed by atoms with Crippen molar-refractivity contribution in [3.8, 4) is 0 Å². The molecule has 26 heavy (non-hydrogen) atoms. The molecule has 0 unspecified atom stereocenters. The summed E-state index contributed by atoms with van der Waals surface area (Å²) in [7, 11) is 0. The van der Waals surface area contributed by atoms with Gasteiger partial charge in [-0.05, 0) is 39.3 Å². The van der Waals surface area contributed by atoms with Crippen LogP contribution < -0.4 is 16.4 Å². The molecule has 1 rings (SSSR count). The Balaban J connectivity index is 0.00000194. The van der Waals surface area contributed by atoms with Crippen LogP contribution in [0.4, 0.5) is 9.18 Å². The first-order valence-corrected chi connectivity index (χ1v) is 8.51. The van der Waals surface area contributed by atoms with E-state index in [0.29, 0.717) is 11.4 Å². The number of aryl methyl sites for hydroxylation is 1. The number of carbonyl (C=O) groups is 2. The highest BCUT2D eigenvalue weighted by molar-refractivity contribution is 6.33. The first-order chi connectivity index (χ1) is 12.1. The molecule has 0 aliphatic heterocycles. The van der Waals surface area contributed by atoms with Crippen LogP contribution in [0.5, 0.6) is 0 Å². The van der Waals surface area contributed by atoms with Gasteiger partial charge in [0.1, 0.15) is 11.0 Å². The summed E-state index contributed by atoms with van der Waals surface area (Å²) >= 11 is 5.80. The lowest BCUT2D eigenvalue weighted by Crippen LogP contribution is -2.40. The second-order valence-corrected chi connectivity index (χ2v) is 5.90. The molecule has 8 heteroatoms. The topological polar surface area (TPSA) is 97.1 Å². The van der Waals surface area contributed by atoms with Gasteiger partial charge in [-0.2, -0.15) is 0 Å². The van der Waals surface area contributed by atoms with Crippen LogP contribution in [0.1, 0.15) is 57.1 Å². The summed E-state index contributed by atoms with van der Waals surface area (Å²) in [5.74, 6) is -1.56. The smallest absolute Gasteiger partial charge is 0.326 e. The van der Waals surface area contributed by atoms with E-state index in [-0.39, 0.29) is 16.4 Å². The maximum Gasteiger partial charge on any atom is 0.326 e. The Bertz CT molecular complexity index is 726. The lowest BCUT2D eigenvalue weighted by molar-refractivity contribution is 0.0964. The largest absolute Gasteiger partial charge is 0.401 e. The molecule has 0 fully saturated rings. The molecule has 0 radical (unpaired) electrons. The summed E-state index contributed by atoms with van der Waals surface area (Å²) in [5, 5.41) is 4.33. The molecule has 0 aliphatic rings. The van der Waals surface area contributed by atoms with Crippen LogP contribution >= 0.6 is 11.6 Å². The second kappa shape index (κ2) is 11.3. The lowest BCUT2D eigenvalue weighted by atomic mass is 10.2. The van der Waals surface area contributed by atoms with E-state index in [1.54, 1.807) is 26.8 Å². The van der Waals surface area contributed by atoms with Gasteiger partial charge >= 0.3 is 6.03 Å². The second-order valence-electron chi connectivity index (χ2n) is 5.54. The van der Waals surface area contributed by atoms with Gasteiger partial charge in [0.15, 0.2) is 0 Å². The van der Waals surface area contributed by atoms with Gasteiger partial charge in [-0.3, -0.25) is 10.1 Å². The number of allylic oxidation sites excluding steroid dienone is 3. The molecular formula is C18H26ClFN4O2. The van der Waals surface area contributed by atoms with Crippen molar-refractivity contribution in [3.05, 3.63) is 51.3 Å². The molecule has 4 N–H and O–H groups in total. The summed E-state index contributed by atoms with van der Waals surface area (Å²) in [5.41, 5.74) is 7.02. The molecule has 0 saturated carbocycles. The summed E-state index contributed by atoms with van der Waals surface area (Å²) < 4.78 is 13.5. The molecule has 1 heterocycles. The number of pyridine rings is 1. The number of carbonyl (C=O) groups excluding carboxylic acids is 2. The third-order valence-electron chi connectivity index (χ3n) is 3.04. The van der Waals surface area contributed by atoms with Crippen molar-refractivity contribution in [1.82, 2.24) is 15.6 Å². The van der Waals surface area contributed by atoms with Gasteiger partial charge in [0.05, 0.1) is 17.0 Å². The number of nitrogens with zero attached hydrogens (tertiary/aromatic N) is 1. The Hall–Kier alpha value is -2.41. The molecule has 0 spiro atoms. The molecule has 144 valence electrons. The minimum Gasteiger partial charge on any atom is -0.401 e. The monoisotopic (exact) mass is 384 g/mol. The Labute approximate surface area is 158 Å². The SMILES string of the molecule is C/C=C(C)\C(NC(=O)NC(=O)c1cc(F)c(C)nc1Cl)=C(\C)N.CCC. The average Bonchev–Trinajstić information content (AvgIpc) is 2.55. The Morgan fingerprint density at radius 3 is 2.31 bits per heavy atom. The number of halogens is 2. The minimum absolute atomic E-state index is 0.0590. The van der Waals surface area contributed by atoms with Crippen molar-refractivity contribution in [3.63, 3.8) is 0 Å². The van der Waals surface area contributed by atoms with Gasteiger partial charge in [0, 0.05) is 5.70 Å². The Kier molecular flexibility index (Phi) is 10.2. The predicted octanol–water partition coefficient (Wildman–Crippen LogP) is 4.19. The van der Waals surface area contributed by atoms with Gasteiger partial charge in [-0.25, -0.2) is 14.2 Å². The third kappa shape index (κ3) is 7.23. The maximum atomic E-state index is 13.5. The fourth-order valence-electron chi connectivity index (χ4n) is 1.68. The van der Waals surface area contributed by atoms with Crippen LogP contribution in [0.25, 0.3) is 0 Å². The van der Waals surface area contributed by atoms with E-state index in [4.69, 9.17) is 17.3 Å². The van der Waals surface area contributed by atoms with Gasteiger partial charge in [0.25, 0.3) is 5.91 Å². The molecule has 1 aromatic heterocycles. The van der Waals surface area contributed by atoms with Gasteiger partial charge in [-0.1, -0.05) is 37.9 Å². The average molecular weight is 385 g/mol. The zero-order chi connectivity index (χ0) is 20.4. The van der Waals surface area contributed by atoms with Crippen molar-refractivity contribution in [1.29, 1.82) is 0 Å². The third-order valence-corrected chi connectivity index (χ3v) is 3.32. The van der Waals surface area contributed by atoms with Crippen LogP contribution in [0.15, 0.2) is 29.1 Å². The number of urea groups is 1. The number of hydrogen-bond donors (Lipinski definition) is 3. The van der Waals surface area contributed by atoms with Crippen LogP contribution in [0.3, 0.4) is 0 Å². The van der Waals surface area contributed by atoms with Crippen molar-refractivity contribution in [2.75, 3.05) is 0 Å². The van der Waals surface area contributed by atoms with E-state index in [2.05, 4.69) is 29.5 Å². The van der Waals surface area contributed by atoms with Gasteiger partial charge in [0.2, 0.25) is 0 Å².